The molecule has 0 bridgehead atoms. The molecule has 1 aromatic rings. The summed E-state index contributed by atoms with van der Waals surface area (Å²) in [5, 5.41) is 3.40. The van der Waals surface area contributed by atoms with E-state index in [-0.39, 0.29) is 18.0 Å². The monoisotopic (exact) mass is 431 g/mol. The molecule has 0 atom stereocenters. The summed E-state index contributed by atoms with van der Waals surface area (Å²) < 4.78 is 17.1. The lowest BCUT2D eigenvalue weighted by molar-refractivity contribution is -0.149. The van der Waals surface area contributed by atoms with E-state index in [0.717, 1.165) is 68.3 Å². The second-order valence-corrected chi connectivity index (χ2v) is 8.16. The number of piperidine rings is 1. The Bertz CT molecular complexity index is 738. The number of nitrogens with one attached hydrogen (secondary N) is 1. The summed E-state index contributed by atoms with van der Waals surface area (Å²) in [5.74, 6) is 2.37. The van der Waals surface area contributed by atoms with E-state index in [2.05, 4.69) is 23.2 Å². The molecule has 2 fully saturated rings. The lowest BCUT2D eigenvalue weighted by atomic mass is 9.97. The Labute approximate surface area is 186 Å². The fourth-order valence-corrected chi connectivity index (χ4v) is 4.33. The molecule has 172 valence electrons. The van der Waals surface area contributed by atoms with Crippen LogP contribution >= 0.6 is 0 Å². The van der Waals surface area contributed by atoms with Crippen LogP contribution in [0.15, 0.2) is 23.2 Å². The highest BCUT2D eigenvalue weighted by molar-refractivity contribution is 5.80. The van der Waals surface area contributed by atoms with Crippen molar-refractivity contribution in [1.82, 2.24) is 10.2 Å². The van der Waals surface area contributed by atoms with Crippen molar-refractivity contribution in [3.05, 3.63) is 23.8 Å². The minimum absolute atomic E-state index is 0.0103. The third kappa shape index (κ3) is 6.28. The fourth-order valence-electron chi connectivity index (χ4n) is 4.33. The van der Waals surface area contributed by atoms with Crippen molar-refractivity contribution in [2.75, 3.05) is 33.4 Å². The maximum absolute atomic E-state index is 12.0. The van der Waals surface area contributed by atoms with Crippen molar-refractivity contribution in [2.24, 2.45) is 10.9 Å². The lowest BCUT2D eigenvalue weighted by Crippen LogP contribution is -2.46. The highest BCUT2D eigenvalue weighted by Gasteiger charge is 2.27. The van der Waals surface area contributed by atoms with Crippen LogP contribution < -0.4 is 14.8 Å². The van der Waals surface area contributed by atoms with E-state index in [1.54, 1.807) is 7.11 Å². The van der Waals surface area contributed by atoms with Crippen molar-refractivity contribution in [3.8, 4) is 11.5 Å². The first-order chi connectivity index (χ1) is 15.2. The molecule has 1 saturated carbocycles. The van der Waals surface area contributed by atoms with Gasteiger partial charge in [-0.15, -0.1) is 0 Å². The molecule has 1 N–H and O–H groups in total. The number of nitrogens with zero attached hydrogens (tertiary/aromatic N) is 2. The minimum Gasteiger partial charge on any atom is -0.493 e. The van der Waals surface area contributed by atoms with Gasteiger partial charge in [-0.05, 0) is 58.4 Å². The first-order valence-electron chi connectivity index (χ1n) is 11.7. The van der Waals surface area contributed by atoms with Crippen molar-refractivity contribution >= 4 is 11.9 Å². The highest BCUT2D eigenvalue weighted by atomic mass is 16.5. The molecule has 1 aliphatic heterocycles. The predicted molar refractivity (Wildman–Crippen MR) is 122 cm³/mol. The number of rotatable bonds is 8. The van der Waals surface area contributed by atoms with E-state index in [4.69, 9.17) is 19.2 Å². The Morgan fingerprint density at radius 1 is 1.16 bits per heavy atom. The molecule has 31 heavy (non-hydrogen) atoms. The number of esters is 1. The van der Waals surface area contributed by atoms with Gasteiger partial charge in [0.05, 0.1) is 32.3 Å². The van der Waals surface area contributed by atoms with E-state index in [9.17, 15) is 4.79 Å². The number of likely N-dealkylation sites (tertiary alicyclic amines) is 1. The molecular weight excluding hydrogens is 394 g/mol. The molecule has 1 aromatic carbocycles. The van der Waals surface area contributed by atoms with Crippen LogP contribution in [0.4, 0.5) is 0 Å². The maximum atomic E-state index is 12.0. The van der Waals surface area contributed by atoms with Gasteiger partial charge in [-0.25, -0.2) is 4.99 Å². The summed E-state index contributed by atoms with van der Waals surface area (Å²) in [4.78, 5) is 19.2. The molecule has 1 heterocycles. The van der Waals surface area contributed by atoms with Crippen molar-refractivity contribution in [3.63, 3.8) is 0 Å². The quantitative estimate of drug-likeness (QED) is 0.384. The average Bonchev–Trinajstić information content (AvgIpc) is 3.31. The number of guanidine groups is 1. The summed E-state index contributed by atoms with van der Waals surface area (Å²) >= 11 is 0. The molecular formula is C24H37N3O4. The average molecular weight is 432 g/mol. The van der Waals surface area contributed by atoms with Crippen LogP contribution in [-0.4, -0.2) is 56.3 Å². The van der Waals surface area contributed by atoms with E-state index >= 15 is 0 Å². The van der Waals surface area contributed by atoms with Crippen LogP contribution in [0.1, 0.15) is 57.9 Å². The second-order valence-electron chi connectivity index (χ2n) is 8.16. The molecule has 0 spiro atoms. The highest BCUT2D eigenvalue weighted by Crippen LogP contribution is 2.35. The van der Waals surface area contributed by atoms with E-state index < -0.39 is 0 Å². The van der Waals surface area contributed by atoms with E-state index in [0.29, 0.717) is 13.2 Å². The van der Waals surface area contributed by atoms with Gasteiger partial charge in [0.25, 0.3) is 0 Å². The Morgan fingerprint density at radius 3 is 2.55 bits per heavy atom. The SMILES string of the molecule is CCNC(=NCc1cccc(OC)c1OC1CCCC1)N1CCC(C(=O)OCC)CC1. The predicted octanol–water partition coefficient (Wildman–Crippen LogP) is 3.76. The number of carbonyl (C=O) groups excluding carboxylic acids is 1. The Morgan fingerprint density at radius 2 is 1.90 bits per heavy atom. The molecule has 7 heteroatoms. The molecule has 0 unspecified atom stereocenters. The topological polar surface area (TPSA) is 72.4 Å². The van der Waals surface area contributed by atoms with Crippen LogP contribution in [0.2, 0.25) is 0 Å². The van der Waals surface area contributed by atoms with E-state index in [1.807, 2.05) is 19.1 Å². The number of hydrogen-bond acceptors (Lipinski definition) is 5. The van der Waals surface area contributed by atoms with Gasteiger partial charge >= 0.3 is 5.97 Å². The van der Waals surface area contributed by atoms with Gasteiger partial charge in [0.1, 0.15) is 0 Å². The summed E-state index contributed by atoms with van der Waals surface area (Å²) in [5.41, 5.74) is 1.03. The molecule has 7 nitrogen and oxygen atoms in total. The van der Waals surface area contributed by atoms with Crippen LogP contribution in [0, 0.1) is 5.92 Å². The number of benzene rings is 1. The zero-order valence-electron chi connectivity index (χ0n) is 19.2. The molecule has 1 saturated heterocycles. The van der Waals surface area contributed by atoms with Gasteiger partial charge in [0.2, 0.25) is 0 Å². The summed E-state index contributed by atoms with van der Waals surface area (Å²) in [7, 11) is 1.68. The molecule has 0 aromatic heterocycles. The number of ether oxygens (including phenoxy) is 3. The molecule has 0 radical (unpaired) electrons. The van der Waals surface area contributed by atoms with Crippen LogP contribution in [-0.2, 0) is 16.1 Å². The van der Waals surface area contributed by atoms with Gasteiger partial charge in [-0.3, -0.25) is 4.79 Å². The van der Waals surface area contributed by atoms with Gasteiger partial charge in [-0.1, -0.05) is 12.1 Å². The summed E-state index contributed by atoms with van der Waals surface area (Å²) in [6.07, 6.45) is 6.47. The second kappa shape index (κ2) is 11.8. The van der Waals surface area contributed by atoms with E-state index in [1.165, 1.54) is 12.8 Å². The smallest absolute Gasteiger partial charge is 0.309 e. The Balaban J connectivity index is 1.70. The first kappa shape index (κ1) is 23.2. The Hall–Kier alpha value is -2.44. The zero-order chi connectivity index (χ0) is 22.1. The summed E-state index contributed by atoms with van der Waals surface area (Å²) in [6, 6.07) is 6.00. The van der Waals surface area contributed by atoms with Crippen LogP contribution in [0.25, 0.3) is 0 Å². The maximum Gasteiger partial charge on any atom is 0.309 e. The number of methoxy groups -OCH3 is 1. The van der Waals surface area contributed by atoms with Gasteiger partial charge in [0, 0.05) is 25.2 Å². The van der Waals surface area contributed by atoms with Crippen LogP contribution in [0.3, 0.4) is 0 Å². The molecule has 3 rings (SSSR count). The summed E-state index contributed by atoms with van der Waals surface area (Å²) in [6.45, 7) is 7.25. The fraction of sp³-hybridized carbons (Fsp3) is 0.667. The number of hydrogen-bond donors (Lipinski definition) is 1. The third-order valence-electron chi connectivity index (χ3n) is 6.02. The third-order valence-corrected chi connectivity index (χ3v) is 6.02. The zero-order valence-corrected chi connectivity index (χ0v) is 19.2. The lowest BCUT2D eigenvalue weighted by Gasteiger charge is -2.33. The van der Waals surface area contributed by atoms with Gasteiger partial charge in [0.15, 0.2) is 17.5 Å². The molecule has 0 amide bonds. The van der Waals surface area contributed by atoms with Gasteiger partial charge in [-0.2, -0.15) is 0 Å². The first-order valence-corrected chi connectivity index (χ1v) is 11.7. The molecule has 1 aliphatic carbocycles. The molecule has 2 aliphatic rings. The van der Waals surface area contributed by atoms with Gasteiger partial charge < -0.3 is 24.4 Å². The minimum atomic E-state index is -0.0748. The van der Waals surface area contributed by atoms with Crippen molar-refractivity contribution < 1.29 is 19.0 Å². The van der Waals surface area contributed by atoms with Crippen molar-refractivity contribution in [2.45, 2.75) is 65.0 Å². The largest absolute Gasteiger partial charge is 0.493 e. The van der Waals surface area contributed by atoms with Crippen molar-refractivity contribution in [1.29, 1.82) is 0 Å². The number of para-hydroxylation sites is 1. The normalized spacial score (nSPS) is 18.2. The number of carbonyl (C=O) groups is 1. The van der Waals surface area contributed by atoms with Crippen LogP contribution in [0.5, 0.6) is 11.5 Å². The standard InChI is InChI=1S/C24H37N3O4/c1-4-25-24(27-15-13-18(14-16-27)23(28)30-5-2)26-17-19-9-8-12-21(29-3)22(19)31-20-10-6-7-11-20/h8-9,12,18,20H,4-7,10-11,13-17H2,1-3H3,(H,25,26). The number of aliphatic imine (C=N–C) groups is 1. The Kier molecular flexibility index (Phi) is 8.85.